The molecule has 0 radical (unpaired) electrons. The average Bonchev–Trinajstić information content (AvgIpc) is 2.82. The van der Waals surface area contributed by atoms with Gasteiger partial charge in [0, 0.05) is 18.6 Å². The summed E-state index contributed by atoms with van der Waals surface area (Å²) in [5, 5.41) is 0. The number of hydrogen-bond acceptors (Lipinski definition) is 2. The summed E-state index contributed by atoms with van der Waals surface area (Å²) >= 11 is 0. The first-order valence-electron chi connectivity index (χ1n) is 12.3. The molecule has 164 valence electrons. The molecule has 2 heteroatoms. The van der Waals surface area contributed by atoms with Crippen LogP contribution in [0.25, 0.3) is 0 Å². The van der Waals surface area contributed by atoms with Crippen LogP contribution in [0.5, 0.6) is 0 Å². The van der Waals surface area contributed by atoms with Gasteiger partial charge in [0.15, 0.2) is 0 Å². The molecule has 0 amide bonds. The maximum absolute atomic E-state index is 2.72. The molecule has 0 saturated carbocycles. The number of likely N-dealkylation sites (tertiary alicyclic amines) is 2. The van der Waals surface area contributed by atoms with Crippen LogP contribution in [0, 0.1) is 0 Å². The van der Waals surface area contributed by atoms with Gasteiger partial charge in [-0.2, -0.15) is 0 Å². The highest BCUT2D eigenvalue weighted by Gasteiger charge is 2.26. The lowest BCUT2D eigenvalue weighted by Gasteiger charge is -2.40. The van der Waals surface area contributed by atoms with Crippen molar-refractivity contribution >= 4 is 0 Å². The van der Waals surface area contributed by atoms with E-state index in [2.05, 4.69) is 84.3 Å². The summed E-state index contributed by atoms with van der Waals surface area (Å²) in [7, 11) is 0. The Labute approximate surface area is 185 Å². The van der Waals surface area contributed by atoms with E-state index in [-0.39, 0.29) is 0 Å². The summed E-state index contributed by atoms with van der Waals surface area (Å²) in [5.41, 5.74) is 2.92. The zero-order valence-electron chi connectivity index (χ0n) is 19.3. The Morgan fingerprint density at radius 1 is 0.800 bits per heavy atom. The summed E-state index contributed by atoms with van der Waals surface area (Å²) in [6.07, 6.45) is 11.0. The highest BCUT2D eigenvalue weighted by molar-refractivity contribution is 5.18. The SMILES string of the molecule is CCCC1CCCCN1C(C)c1ccccc1.c1ccc(CN2CCCCC2)cc1. The van der Waals surface area contributed by atoms with Crippen LogP contribution in [-0.2, 0) is 6.54 Å². The van der Waals surface area contributed by atoms with Crippen molar-refractivity contribution in [2.75, 3.05) is 19.6 Å². The van der Waals surface area contributed by atoms with Crippen LogP contribution in [0.1, 0.15) is 82.4 Å². The van der Waals surface area contributed by atoms with E-state index in [9.17, 15) is 0 Å². The maximum atomic E-state index is 2.72. The van der Waals surface area contributed by atoms with Gasteiger partial charge < -0.3 is 0 Å². The van der Waals surface area contributed by atoms with Crippen molar-refractivity contribution < 1.29 is 0 Å². The molecule has 2 aliphatic rings. The number of rotatable bonds is 6. The van der Waals surface area contributed by atoms with Crippen LogP contribution < -0.4 is 0 Å². The molecule has 2 aliphatic heterocycles. The lowest BCUT2D eigenvalue weighted by molar-refractivity contribution is 0.0963. The largest absolute Gasteiger partial charge is 0.299 e. The number of benzene rings is 2. The molecule has 2 unspecified atom stereocenters. The molecule has 2 atom stereocenters. The van der Waals surface area contributed by atoms with Crippen LogP contribution in [0.4, 0.5) is 0 Å². The predicted octanol–water partition coefficient (Wildman–Crippen LogP) is 7.07. The van der Waals surface area contributed by atoms with Crippen LogP contribution in [0.15, 0.2) is 60.7 Å². The van der Waals surface area contributed by atoms with Gasteiger partial charge in [-0.25, -0.2) is 0 Å². The first kappa shape index (κ1) is 23.0. The Morgan fingerprint density at radius 3 is 2.10 bits per heavy atom. The van der Waals surface area contributed by atoms with Gasteiger partial charge >= 0.3 is 0 Å². The smallest absolute Gasteiger partial charge is 0.0322 e. The molecule has 0 spiro atoms. The minimum Gasteiger partial charge on any atom is -0.299 e. The summed E-state index contributed by atoms with van der Waals surface area (Å²) in [6.45, 7) is 9.66. The Morgan fingerprint density at radius 2 is 1.43 bits per heavy atom. The molecule has 2 fully saturated rings. The molecule has 2 nitrogen and oxygen atoms in total. The van der Waals surface area contributed by atoms with Crippen molar-refractivity contribution in [2.24, 2.45) is 0 Å². The van der Waals surface area contributed by atoms with Gasteiger partial charge in [-0.3, -0.25) is 9.80 Å². The van der Waals surface area contributed by atoms with Crippen molar-refractivity contribution in [1.82, 2.24) is 9.80 Å². The summed E-state index contributed by atoms with van der Waals surface area (Å²) in [5.74, 6) is 0. The quantitative estimate of drug-likeness (QED) is 0.506. The molecular weight excluding hydrogens is 364 g/mol. The third kappa shape index (κ3) is 7.25. The fourth-order valence-corrected chi connectivity index (χ4v) is 5.06. The zero-order valence-corrected chi connectivity index (χ0v) is 19.3. The highest BCUT2D eigenvalue weighted by Crippen LogP contribution is 2.30. The predicted molar refractivity (Wildman–Crippen MR) is 130 cm³/mol. The van der Waals surface area contributed by atoms with Crippen molar-refractivity contribution in [1.29, 1.82) is 0 Å². The Bertz CT molecular complexity index is 676. The second kappa shape index (κ2) is 12.9. The molecule has 0 aliphatic carbocycles. The van der Waals surface area contributed by atoms with Gasteiger partial charge in [0.05, 0.1) is 0 Å². The highest BCUT2D eigenvalue weighted by atomic mass is 15.2. The monoisotopic (exact) mass is 406 g/mol. The van der Waals surface area contributed by atoms with E-state index in [0.717, 1.165) is 12.6 Å². The van der Waals surface area contributed by atoms with E-state index in [1.165, 1.54) is 82.1 Å². The molecule has 2 heterocycles. The van der Waals surface area contributed by atoms with Crippen LogP contribution in [0.3, 0.4) is 0 Å². The lowest BCUT2D eigenvalue weighted by Crippen LogP contribution is -2.41. The van der Waals surface area contributed by atoms with Gasteiger partial charge in [-0.15, -0.1) is 0 Å². The molecule has 0 aromatic heterocycles. The van der Waals surface area contributed by atoms with Gasteiger partial charge in [0.1, 0.15) is 0 Å². The third-order valence-corrected chi connectivity index (χ3v) is 6.77. The number of nitrogens with zero attached hydrogens (tertiary/aromatic N) is 2. The van der Waals surface area contributed by atoms with Gasteiger partial charge in [-0.05, 0) is 69.8 Å². The first-order chi connectivity index (χ1) is 14.8. The van der Waals surface area contributed by atoms with Crippen molar-refractivity contribution in [3.8, 4) is 0 Å². The van der Waals surface area contributed by atoms with E-state index in [1.807, 2.05) is 0 Å². The minimum atomic E-state index is 0.577. The second-order valence-electron chi connectivity index (χ2n) is 9.09. The summed E-state index contributed by atoms with van der Waals surface area (Å²) in [6, 6.07) is 23.1. The summed E-state index contributed by atoms with van der Waals surface area (Å²) < 4.78 is 0. The Balaban J connectivity index is 0.000000177. The van der Waals surface area contributed by atoms with Crippen LogP contribution in [-0.4, -0.2) is 35.5 Å². The second-order valence-corrected chi connectivity index (χ2v) is 9.09. The molecule has 2 aromatic rings. The topological polar surface area (TPSA) is 6.48 Å². The Kier molecular flexibility index (Phi) is 9.92. The van der Waals surface area contributed by atoms with Crippen molar-refractivity contribution in [3.63, 3.8) is 0 Å². The molecule has 0 N–H and O–H groups in total. The number of hydrogen-bond donors (Lipinski definition) is 0. The molecule has 30 heavy (non-hydrogen) atoms. The van der Waals surface area contributed by atoms with Crippen molar-refractivity contribution in [3.05, 3.63) is 71.8 Å². The fraction of sp³-hybridized carbons (Fsp3) is 0.571. The standard InChI is InChI=1S/C16H25N.C12H17N/c1-3-9-16-12-7-8-13-17(16)14(2)15-10-5-4-6-11-15;1-3-7-12(8-4-1)11-13-9-5-2-6-10-13/h4-6,10-11,14,16H,3,7-9,12-13H2,1-2H3;1,3-4,7-8H,2,5-6,9-11H2. The molecular formula is C28H42N2. The lowest BCUT2D eigenvalue weighted by atomic mass is 9.94. The summed E-state index contributed by atoms with van der Waals surface area (Å²) in [4.78, 5) is 5.28. The average molecular weight is 407 g/mol. The van der Waals surface area contributed by atoms with Gasteiger partial charge in [-0.1, -0.05) is 86.8 Å². The maximum Gasteiger partial charge on any atom is 0.0322 e. The van der Waals surface area contributed by atoms with E-state index < -0.39 is 0 Å². The van der Waals surface area contributed by atoms with Crippen LogP contribution >= 0.6 is 0 Å². The van der Waals surface area contributed by atoms with E-state index in [1.54, 1.807) is 0 Å². The van der Waals surface area contributed by atoms with Crippen molar-refractivity contribution in [2.45, 2.75) is 83.8 Å². The molecule has 4 rings (SSSR count). The minimum absolute atomic E-state index is 0.577. The third-order valence-electron chi connectivity index (χ3n) is 6.77. The van der Waals surface area contributed by atoms with Crippen LogP contribution in [0.2, 0.25) is 0 Å². The van der Waals surface area contributed by atoms with Gasteiger partial charge in [0.2, 0.25) is 0 Å². The van der Waals surface area contributed by atoms with Gasteiger partial charge in [0.25, 0.3) is 0 Å². The van der Waals surface area contributed by atoms with E-state index >= 15 is 0 Å². The first-order valence-corrected chi connectivity index (χ1v) is 12.3. The molecule has 2 aromatic carbocycles. The van der Waals surface area contributed by atoms with E-state index in [0.29, 0.717) is 6.04 Å². The fourth-order valence-electron chi connectivity index (χ4n) is 5.06. The molecule has 0 bridgehead atoms. The normalized spacial score (nSPS) is 21.5. The Hall–Kier alpha value is -1.64. The molecule has 2 saturated heterocycles. The van der Waals surface area contributed by atoms with E-state index in [4.69, 9.17) is 0 Å². The zero-order chi connectivity index (χ0) is 21.0. The number of piperidine rings is 2.